The minimum absolute atomic E-state index is 0.0538. The van der Waals surface area contributed by atoms with Gasteiger partial charge >= 0.3 is 0 Å². The highest BCUT2D eigenvalue weighted by Gasteiger charge is 2.39. The lowest BCUT2D eigenvalue weighted by molar-refractivity contribution is -0.118. The van der Waals surface area contributed by atoms with E-state index in [4.69, 9.17) is 17.3 Å². The Morgan fingerprint density at radius 1 is 1.02 bits per heavy atom. The molecule has 6 rings (SSSR count). The van der Waals surface area contributed by atoms with Crippen molar-refractivity contribution in [3.05, 3.63) is 119 Å². The highest BCUT2D eigenvalue weighted by atomic mass is 35.5. The molecular weight excluding hydrogens is 578 g/mol. The Labute approximate surface area is 258 Å². The van der Waals surface area contributed by atoms with Crippen LogP contribution in [0.4, 0.5) is 5.69 Å². The van der Waals surface area contributed by atoms with Gasteiger partial charge in [-0.05, 0) is 76.9 Å². The zero-order valence-electron chi connectivity index (χ0n) is 23.4. The van der Waals surface area contributed by atoms with Gasteiger partial charge < -0.3 is 16.4 Å². The number of nitrogens with one attached hydrogen (secondary N) is 2. The predicted octanol–water partition coefficient (Wildman–Crippen LogP) is 4.17. The molecule has 5 aromatic rings. The monoisotopic (exact) mass is 605 g/mol. The summed E-state index contributed by atoms with van der Waals surface area (Å²) in [5, 5.41) is 26.5. The van der Waals surface area contributed by atoms with E-state index in [1.165, 1.54) is 17.1 Å². The van der Waals surface area contributed by atoms with E-state index in [-0.39, 0.29) is 23.8 Å². The lowest BCUT2D eigenvalue weighted by Crippen LogP contribution is -2.29. The first-order valence-electron chi connectivity index (χ1n) is 14.0. The number of amides is 2. The number of benzene rings is 3. The fourth-order valence-electron chi connectivity index (χ4n) is 4.81. The highest BCUT2D eigenvalue weighted by molar-refractivity contribution is 6.30. The Morgan fingerprint density at radius 2 is 1.82 bits per heavy atom. The van der Waals surface area contributed by atoms with Gasteiger partial charge in [0.15, 0.2) is 0 Å². The van der Waals surface area contributed by atoms with Crippen molar-refractivity contribution in [2.75, 3.05) is 5.32 Å². The SMILES string of the molecule is NC1CC1C(=O)Nc1ccc(-c2cnnc([C@H](Cc3ccccc3)NC(=O)/C=C/c3cc(Cl)ccc3-n3cnnn3)c2)cc1. The number of carbonyl (C=O) groups is 2. The van der Waals surface area contributed by atoms with Gasteiger partial charge in [-0.3, -0.25) is 9.59 Å². The Kier molecular flexibility index (Phi) is 8.48. The van der Waals surface area contributed by atoms with Crippen LogP contribution < -0.4 is 16.4 Å². The number of rotatable bonds is 10. The summed E-state index contributed by atoms with van der Waals surface area (Å²) in [6, 6.07) is 24.0. The summed E-state index contributed by atoms with van der Waals surface area (Å²) in [6.45, 7) is 0. The fraction of sp³-hybridized carbons (Fsp3) is 0.156. The molecule has 0 spiro atoms. The van der Waals surface area contributed by atoms with Gasteiger partial charge in [-0.2, -0.15) is 14.9 Å². The van der Waals surface area contributed by atoms with E-state index in [1.807, 2.05) is 60.7 Å². The van der Waals surface area contributed by atoms with E-state index >= 15 is 0 Å². The third-order valence-electron chi connectivity index (χ3n) is 7.29. The maximum Gasteiger partial charge on any atom is 0.244 e. The summed E-state index contributed by atoms with van der Waals surface area (Å²) in [6.07, 6.45) is 7.46. The summed E-state index contributed by atoms with van der Waals surface area (Å²) in [4.78, 5) is 25.5. The predicted molar refractivity (Wildman–Crippen MR) is 166 cm³/mol. The van der Waals surface area contributed by atoms with Crippen molar-refractivity contribution in [1.82, 2.24) is 35.7 Å². The van der Waals surface area contributed by atoms with Crippen molar-refractivity contribution < 1.29 is 9.59 Å². The van der Waals surface area contributed by atoms with Crippen molar-refractivity contribution >= 4 is 35.2 Å². The summed E-state index contributed by atoms with van der Waals surface area (Å²) in [5.41, 5.74) is 11.2. The van der Waals surface area contributed by atoms with E-state index in [1.54, 1.807) is 30.5 Å². The largest absolute Gasteiger partial charge is 0.344 e. The Hall–Kier alpha value is -5.26. The topological polar surface area (TPSA) is 154 Å². The lowest BCUT2D eigenvalue weighted by Gasteiger charge is -2.18. The molecule has 2 amide bonds. The molecule has 1 fully saturated rings. The molecule has 1 aliphatic carbocycles. The molecule has 2 aromatic heterocycles. The average Bonchev–Trinajstić information content (AvgIpc) is 3.53. The molecule has 0 bridgehead atoms. The molecule has 2 heterocycles. The zero-order chi connectivity index (χ0) is 30.5. The van der Waals surface area contributed by atoms with Crippen LogP contribution in [0.15, 0.2) is 97.5 Å². The minimum atomic E-state index is -0.471. The molecule has 0 aliphatic heterocycles. The molecule has 1 aliphatic rings. The van der Waals surface area contributed by atoms with Gasteiger partial charge in [0, 0.05) is 34.0 Å². The summed E-state index contributed by atoms with van der Waals surface area (Å²) in [7, 11) is 0. The van der Waals surface area contributed by atoms with E-state index in [0.717, 1.165) is 16.7 Å². The number of carbonyl (C=O) groups excluding carboxylic acids is 2. The van der Waals surface area contributed by atoms with Gasteiger partial charge in [0.25, 0.3) is 0 Å². The third-order valence-corrected chi connectivity index (χ3v) is 7.53. The fourth-order valence-corrected chi connectivity index (χ4v) is 4.99. The van der Waals surface area contributed by atoms with E-state index < -0.39 is 6.04 Å². The van der Waals surface area contributed by atoms with Crippen LogP contribution in [0.5, 0.6) is 0 Å². The van der Waals surface area contributed by atoms with Gasteiger partial charge in [0.2, 0.25) is 11.8 Å². The maximum absolute atomic E-state index is 13.3. The smallest absolute Gasteiger partial charge is 0.244 e. The van der Waals surface area contributed by atoms with Gasteiger partial charge in [-0.15, -0.1) is 5.10 Å². The van der Waals surface area contributed by atoms with E-state index in [2.05, 4.69) is 36.4 Å². The second-order valence-corrected chi connectivity index (χ2v) is 10.9. The minimum Gasteiger partial charge on any atom is -0.344 e. The number of aromatic nitrogens is 6. The standard InChI is InChI=1S/C32H28ClN9O2/c33-24-9-12-30(42-19-36-40-41-42)22(15-24)8-13-31(43)38-28(14-20-4-2-1-3-5-20)29-16-23(18-35-39-29)21-6-10-25(11-7-21)37-32(44)26-17-27(26)34/h1-13,15-16,18-19,26-28H,14,17,34H2,(H,37,44)(H,38,43)/b13-8+/t26?,27?,28-/m0/s1. The van der Waals surface area contributed by atoms with Crippen LogP contribution in [-0.2, 0) is 16.0 Å². The number of nitrogens with zero attached hydrogens (tertiary/aromatic N) is 6. The van der Waals surface area contributed by atoms with Crippen LogP contribution in [0.25, 0.3) is 22.9 Å². The quantitative estimate of drug-likeness (QED) is 0.200. The molecule has 3 atom stereocenters. The van der Waals surface area contributed by atoms with Gasteiger partial charge in [-0.25, -0.2) is 0 Å². The van der Waals surface area contributed by atoms with Crippen molar-refractivity contribution in [3.63, 3.8) is 0 Å². The molecule has 12 heteroatoms. The normalized spacial score (nSPS) is 16.4. The molecule has 2 unspecified atom stereocenters. The molecule has 3 aromatic carbocycles. The highest BCUT2D eigenvalue weighted by Crippen LogP contribution is 2.30. The second kappa shape index (κ2) is 12.9. The molecule has 0 radical (unpaired) electrons. The number of hydrogen-bond donors (Lipinski definition) is 3. The van der Waals surface area contributed by atoms with Crippen molar-refractivity contribution in [2.45, 2.75) is 24.9 Å². The Morgan fingerprint density at radius 3 is 2.55 bits per heavy atom. The van der Waals surface area contributed by atoms with Crippen LogP contribution in [0.1, 0.15) is 29.3 Å². The number of nitrogens with two attached hydrogens (primary N) is 1. The molecule has 44 heavy (non-hydrogen) atoms. The first kappa shape index (κ1) is 28.8. The average molecular weight is 606 g/mol. The van der Waals surface area contributed by atoms with Crippen LogP contribution in [0, 0.1) is 5.92 Å². The molecule has 11 nitrogen and oxygen atoms in total. The lowest BCUT2D eigenvalue weighted by atomic mass is 10.00. The number of halogens is 1. The molecule has 220 valence electrons. The van der Waals surface area contributed by atoms with Crippen LogP contribution in [0.2, 0.25) is 5.02 Å². The zero-order valence-corrected chi connectivity index (χ0v) is 24.2. The number of tetrazole rings is 1. The maximum atomic E-state index is 13.3. The van der Waals surface area contributed by atoms with E-state index in [9.17, 15) is 9.59 Å². The van der Waals surface area contributed by atoms with E-state index in [0.29, 0.717) is 40.5 Å². The summed E-state index contributed by atoms with van der Waals surface area (Å²) in [5.74, 6) is -0.503. The molecule has 0 saturated heterocycles. The molecular formula is C32H28ClN9O2. The Balaban J connectivity index is 1.22. The van der Waals surface area contributed by atoms with Crippen molar-refractivity contribution in [3.8, 4) is 16.8 Å². The molecule has 4 N–H and O–H groups in total. The van der Waals surface area contributed by atoms with Gasteiger partial charge in [0.05, 0.1) is 29.5 Å². The Bertz CT molecular complexity index is 1790. The number of hydrogen-bond acceptors (Lipinski definition) is 8. The summed E-state index contributed by atoms with van der Waals surface area (Å²) >= 11 is 6.23. The van der Waals surface area contributed by atoms with Crippen LogP contribution in [0.3, 0.4) is 0 Å². The van der Waals surface area contributed by atoms with Crippen LogP contribution >= 0.6 is 11.6 Å². The van der Waals surface area contributed by atoms with Gasteiger partial charge in [-0.1, -0.05) is 54.1 Å². The first-order chi connectivity index (χ1) is 21.4. The van der Waals surface area contributed by atoms with Crippen LogP contribution in [-0.4, -0.2) is 48.3 Å². The van der Waals surface area contributed by atoms with Gasteiger partial charge in [0.1, 0.15) is 6.33 Å². The molecule has 1 saturated carbocycles. The second-order valence-electron chi connectivity index (χ2n) is 10.5. The summed E-state index contributed by atoms with van der Waals surface area (Å²) < 4.78 is 1.50. The first-order valence-corrected chi connectivity index (χ1v) is 14.4. The third kappa shape index (κ3) is 7.02. The number of anilines is 1. The van der Waals surface area contributed by atoms with Crippen molar-refractivity contribution in [1.29, 1.82) is 0 Å². The van der Waals surface area contributed by atoms with Crippen molar-refractivity contribution in [2.24, 2.45) is 11.7 Å².